The average molecular weight is 382 g/mol. The molecular formula is C18H24ClN3O2S. The third-order valence-electron chi connectivity index (χ3n) is 4.27. The van der Waals surface area contributed by atoms with E-state index in [2.05, 4.69) is 29.7 Å². The first-order valence-electron chi connectivity index (χ1n) is 8.23. The largest absolute Gasteiger partial charge is 0.380 e. The summed E-state index contributed by atoms with van der Waals surface area (Å²) >= 11 is 1.70. The van der Waals surface area contributed by atoms with Crippen LogP contribution in [0.5, 0.6) is 0 Å². The maximum Gasteiger partial charge on any atom is 0.237 e. The SMILES string of the molecule is CO[C@@H]1CN[C@@H](C(=O)NCCc2nc(-c3ccccc3)c(C)s2)C1.Cl. The molecule has 136 valence electrons. The van der Waals surface area contributed by atoms with Gasteiger partial charge in [-0.2, -0.15) is 0 Å². The molecule has 2 aromatic rings. The van der Waals surface area contributed by atoms with Crippen LogP contribution in [0.2, 0.25) is 0 Å². The van der Waals surface area contributed by atoms with Crippen LogP contribution >= 0.6 is 23.7 Å². The van der Waals surface area contributed by atoms with Gasteiger partial charge in [-0.25, -0.2) is 4.98 Å². The Hall–Kier alpha value is -1.47. The number of amides is 1. The minimum absolute atomic E-state index is 0. The Morgan fingerprint density at radius 3 is 2.84 bits per heavy atom. The predicted octanol–water partition coefficient (Wildman–Crippen LogP) is 2.58. The molecule has 0 unspecified atom stereocenters. The summed E-state index contributed by atoms with van der Waals surface area (Å²) in [7, 11) is 1.68. The molecule has 1 aromatic carbocycles. The van der Waals surface area contributed by atoms with E-state index < -0.39 is 0 Å². The highest BCUT2D eigenvalue weighted by molar-refractivity contribution is 7.12. The number of aryl methyl sites for hydroxylation is 1. The Kier molecular flexibility index (Phi) is 7.38. The highest BCUT2D eigenvalue weighted by atomic mass is 35.5. The van der Waals surface area contributed by atoms with Crippen LogP contribution < -0.4 is 10.6 Å². The van der Waals surface area contributed by atoms with Gasteiger partial charge < -0.3 is 15.4 Å². The molecule has 2 N–H and O–H groups in total. The first-order valence-corrected chi connectivity index (χ1v) is 9.04. The van der Waals surface area contributed by atoms with E-state index in [0.717, 1.165) is 35.7 Å². The van der Waals surface area contributed by atoms with Crippen molar-refractivity contribution in [1.29, 1.82) is 0 Å². The zero-order valence-electron chi connectivity index (χ0n) is 14.5. The highest BCUT2D eigenvalue weighted by Crippen LogP contribution is 2.27. The molecule has 5 nitrogen and oxygen atoms in total. The lowest BCUT2D eigenvalue weighted by atomic mass is 10.1. The molecule has 1 aliphatic rings. The summed E-state index contributed by atoms with van der Waals surface area (Å²) in [5, 5.41) is 7.24. The van der Waals surface area contributed by atoms with Gasteiger partial charge in [-0.05, 0) is 13.3 Å². The number of ether oxygens (including phenoxy) is 1. The van der Waals surface area contributed by atoms with E-state index in [1.54, 1.807) is 18.4 Å². The van der Waals surface area contributed by atoms with Gasteiger partial charge in [0, 0.05) is 37.1 Å². The van der Waals surface area contributed by atoms with E-state index in [-0.39, 0.29) is 30.5 Å². The molecule has 0 bridgehead atoms. The van der Waals surface area contributed by atoms with Crippen molar-refractivity contribution < 1.29 is 9.53 Å². The molecule has 2 atom stereocenters. The Labute approximate surface area is 158 Å². The van der Waals surface area contributed by atoms with E-state index in [9.17, 15) is 4.79 Å². The van der Waals surface area contributed by atoms with Gasteiger partial charge >= 0.3 is 0 Å². The molecule has 1 aromatic heterocycles. The zero-order valence-corrected chi connectivity index (χ0v) is 16.1. The van der Waals surface area contributed by atoms with Crippen LogP contribution in [0, 0.1) is 6.92 Å². The van der Waals surface area contributed by atoms with E-state index in [0.29, 0.717) is 6.54 Å². The molecule has 1 fully saturated rings. The molecular weight excluding hydrogens is 358 g/mol. The maximum atomic E-state index is 12.1. The second-order valence-corrected chi connectivity index (χ2v) is 7.26. The van der Waals surface area contributed by atoms with Crippen LogP contribution in [-0.2, 0) is 16.0 Å². The van der Waals surface area contributed by atoms with Crippen LogP contribution in [0.4, 0.5) is 0 Å². The van der Waals surface area contributed by atoms with Crippen molar-refractivity contribution >= 4 is 29.7 Å². The second-order valence-electron chi connectivity index (χ2n) is 5.97. The summed E-state index contributed by atoms with van der Waals surface area (Å²) in [6.07, 6.45) is 1.62. The molecule has 0 spiro atoms. The van der Waals surface area contributed by atoms with Gasteiger partial charge in [0.1, 0.15) is 0 Å². The van der Waals surface area contributed by atoms with E-state index in [1.165, 1.54) is 4.88 Å². The standard InChI is InChI=1S/C18H23N3O2S.ClH/c1-12-17(13-6-4-3-5-7-13)21-16(24-12)8-9-19-18(22)15-10-14(23-2)11-20-15;/h3-7,14-15,20H,8-11H2,1-2H3,(H,19,22);1H/t14-,15+;/m0./s1. The van der Waals surface area contributed by atoms with Crippen LogP contribution in [-0.4, -0.2) is 43.2 Å². The number of methoxy groups -OCH3 is 1. The van der Waals surface area contributed by atoms with Crippen molar-refractivity contribution in [3.8, 4) is 11.3 Å². The minimum Gasteiger partial charge on any atom is -0.380 e. The average Bonchev–Trinajstić information content (AvgIpc) is 3.22. The van der Waals surface area contributed by atoms with Gasteiger partial charge in [0.15, 0.2) is 0 Å². The summed E-state index contributed by atoms with van der Waals surface area (Å²) < 4.78 is 5.27. The summed E-state index contributed by atoms with van der Waals surface area (Å²) in [6.45, 7) is 3.44. The van der Waals surface area contributed by atoms with Crippen LogP contribution in [0.15, 0.2) is 30.3 Å². The fraction of sp³-hybridized carbons (Fsp3) is 0.444. The van der Waals surface area contributed by atoms with Crippen molar-refractivity contribution in [2.24, 2.45) is 0 Å². The van der Waals surface area contributed by atoms with Gasteiger partial charge in [0.2, 0.25) is 5.91 Å². The van der Waals surface area contributed by atoms with E-state index in [1.807, 2.05) is 18.2 Å². The van der Waals surface area contributed by atoms with Gasteiger partial charge in [0.05, 0.1) is 22.8 Å². The van der Waals surface area contributed by atoms with Crippen LogP contribution in [0.3, 0.4) is 0 Å². The number of carbonyl (C=O) groups excluding carboxylic acids is 1. The zero-order chi connectivity index (χ0) is 16.9. The van der Waals surface area contributed by atoms with Crippen molar-refractivity contribution in [2.75, 3.05) is 20.2 Å². The molecule has 0 radical (unpaired) electrons. The number of nitrogens with one attached hydrogen (secondary N) is 2. The number of hydrogen-bond donors (Lipinski definition) is 2. The number of aromatic nitrogens is 1. The highest BCUT2D eigenvalue weighted by Gasteiger charge is 2.28. The molecule has 0 aliphatic carbocycles. The number of hydrogen-bond acceptors (Lipinski definition) is 5. The molecule has 1 aliphatic heterocycles. The topological polar surface area (TPSA) is 63.2 Å². The van der Waals surface area contributed by atoms with Gasteiger partial charge in [-0.15, -0.1) is 23.7 Å². The molecule has 2 heterocycles. The molecule has 7 heteroatoms. The molecule has 1 amide bonds. The van der Waals surface area contributed by atoms with Gasteiger partial charge in [0.25, 0.3) is 0 Å². The lowest BCUT2D eigenvalue weighted by Gasteiger charge is -2.10. The fourth-order valence-corrected chi connectivity index (χ4v) is 3.88. The van der Waals surface area contributed by atoms with E-state index in [4.69, 9.17) is 9.72 Å². The van der Waals surface area contributed by atoms with Crippen molar-refractivity contribution in [3.05, 3.63) is 40.2 Å². The third kappa shape index (κ3) is 5.01. The van der Waals surface area contributed by atoms with Gasteiger partial charge in [-0.3, -0.25) is 4.79 Å². The first kappa shape index (κ1) is 19.8. The monoisotopic (exact) mass is 381 g/mol. The van der Waals surface area contributed by atoms with Crippen molar-refractivity contribution in [1.82, 2.24) is 15.6 Å². The Bertz CT molecular complexity index is 693. The quantitative estimate of drug-likeness (QED) is 0.807. The maximum absolute atomic E-state index is 12.1. The number of halogens is 1. The lowest BCUT2D eigenvalue weighted by molar-refractivity contribution is -0.122. The third-order valence-corrected chi connectivity index (χ3v) is 5.30. The summed E-state index contributed by atoms with van der Waals surface area (Å²) in [6, 6.07) is 10.1. The van der Waals surface area contributed by atoms with Crippen molar-refractivity contribution in [2.45, 2.75) is 31.9 Å². The van der Waals surface area contributed by atoms with Crippen LogP contribution in [0.25, 0.3) is 11.3 Å². The molecule has 3 rings (SSSR count). The number of nitrogens with zero attached hydrogens (tertiary/aromatic N) is 1. The normalized spacial score (nSPS) is 19.4. The summed E-state index contributed by atoms with van der Waals surface area (Å²) in [5.74, 6) is 0.0473. The first-order chi connectivity index (χ1) is 11.7. The lowest BCUT2D eigenvalue weighted by Crippen LogP contribution is -2.41. The predicted molar refractivity (Wildman–Crippen MR) is 103 cm³/mol. The smallest absolute Gasteiger partial charge is 0.237 e. The number of thiazole rings is 1. The van der Waals surface area contributed by atoms with Crippen LogP contribution in [0.1, 0.15) is 16.3 Å². The van der Waals surface area contributed by atoms with Crippen molar-refractivity contribution in [3.63, 3.8) is 0 Å². The molecule has 0 saturated carbocycles. The molecule has 25 heavy (non-hydrogen) atoms. The Balaban J connectivity index is 0.00000225. The second kappa shape index (κ2) is 9.29. The summed E-state index contributed by atoms with van der Waals surface area (Å²) in [4.78, 5) is 18.1. The summed E-state index contributed by atoms with van der Waals surface area (Å²) in [5.41, 5.74) is 2.18. The number of carbonyl (C=O) groups is 1. The number of benzene rings is 1. The minimum atomic E-state index is -0.145. The number of rotatable bonds is 6. The Morgan fingerprint density at radius 2 is 2.16 bits per heavy atom. The Morgan fingerprint density at radius 1 is 1.40 bits per heavy atom. The fourth-order valence-electron chi connectivity index (χ4n) is 2.92. The van der Waals surface area contributed by atoms with Gasteiger partial charge in [-0.1, -0.05) is 30.3 Å². The van der Waals surface area contributed by atoms with E-state index >= 15 is 0 Å². The molecule has 1 saturated heterocycles.